The molecule has 1 saturated heterocycles. The van der Waals surface area contributed by atoms with E-state index >= 15 is 0 Å². The van der Waals surface area contributed by atoms with Gasteiger partial charge in [-0.3, -0.25) is 4.79 Å². The van der Waals surface area contributed by atoms with Gasteiger partial charge in [0, 0.05) is 25.3 Å². The third-order valence-corrected chi connectivity index (χ3v) is 3.38. The van der Waals surface area contributed by atoms with Gasteiger partial charge in [0.05, 0.1) is 23.4 Å². The van der Waals surface area contributed by atoms with E-state index in [2.05, 4.69) is 25.5 Å². The lowest BCUT2D eigenvalue weighted by atomic mass is 10.2. The Labute approximate surface area is 111 Å². The number of aromatic nitrogens is 2. The number of nitrogens with one attached hydrogen (secondary N) is 3. The third kappa shape index (κ3) is 2.59. The molecule has 1 fully saturated rings. The van der Waals surface area contributed by atoms with Crippen LogP contribution in [0.3, 0.4) is 0 Å². The van der Waals surface area contributed by atoms with E-state index in [1.165, 1.54) is 0 Å². The van der Waals surface area contributed by atoms with Gasteiger partial charge in [0.2, 0.25) is 5.91 Å². The summed E-state index contributed by atoms with van der Waals surface area (Å²) in [4.78, 5) is 21.5. The summed E-state index contributed by atoms with van der Waals surface area (Å²) in [6.07, 6.45) is 1.65. The van der Waals surface area contributed by atoms with Crippen molar-refractivity contribution in [3.05, 3.63) is 24.5 Å². The second-order valence-electron chi connectivity index (χ2n) is 4.89. The summed E-state index contributed by atoms with van der Waals surface area (Å²) in [5.74, 6) is 0.00501. The number of rotatable bonds is 2. The molecule has 1 unspecified atom stereocenters. The fourth-order valence-corrected chi connectivity index (χ4v) is 2.32. The second kappa shape index (κ2) is 4.99. The Hall–Kier alpha value is -1.92. The van der Waals surface area contributed by atoms with Gasteiger partial charge in [0.25, 0.3) is 0 Å². The zero-order valence-corrected chi connectivity index (χ0v) is 10.8. The topological polar surface area (TPSA) is 73.1 Å². The summed E-state index contributed by atoms with van der Waals surface area (Å²) >= 11 is 0. The van der Waals surface area contributed by atoms with Crippen LogP contribution >= 0.6 is 0 Å². The first-order valence-corrected chi connectivity index (χ1v) is 6.38. The minimum Gasteiger partial charge on any atom is -0.345 e. The normalized spacial score (nSPS) is 20.6. The molecule has 6 nitrogen and oxygen atoms in total. The molecule has 3 rings (SSSR count). The molecule has 2 aromatic rings. The first-order valence-electron chi connectivity index (χ1n) is 6.38. The lowest BCUT2D eigenvalue weighted by Crippen LogP contribution is -2.54. The number of aromatic amines is 1. The first-order chi connectivity index (χ1) is 9.22. The average Bonchev–Trinajstić information content (AvgIpc) is 2.86. The van der Waals surface area contributed by atoms with Crippen molar-refractivity contribution in [1.82, 2.24) is 20.2 Å². The zero-order chi connectivity index (χ0) is 13.2. The number of carbonyl (C=O) groups excluding carboxylic acids is 1. The minimum absolute atomic E-state index is 0.00501. The molecule has 1 aromatic heterocycles. The summed E-state index contributed by atoms with van der Waals surface area (Å²) in [6, 6.07) is 5.50. The highest BCUT2D eigenvalue weighted by Crippen LogP contribution is 2.15. The van der Waals surface area contributed by atoms with Gasteiger partial charge in [0.15, 0.2) is 0 Å². The highest BCUT2D eigenvalue weighted by Gasteiger charge is 2.23. The predicted molar refractivity (Wildman–Crippen MR) is 74.0 cm³/mol. The number of piperazine rings is 1. The van der Waals surface area contributed by atoms with Crippen LogP contribution in [0.2, 0.25) is 0 Å². The Kier molecular flexibility index (Phi) is 3.18. The van der Waals surface area contributed by atoms with Crippen LogP contribution < -0.4 is 10.6 Å². The standard InChI is InChI=1S/C13H17N5O/c1-18-5-4-14-12(7-18)13(19)17-9-2-3-10-11(6-9)16-8-15-10/h2-3,6,8,12,14H,4-5,7H2,1H3,(H,15,16)(H,17,19). The molecule has 2 heterocycles. The maximum Gasteiger partial charge on any atom is 0.242 e. The van der Waals surface area contributed by atoms with Crippen LogP contribution in [-0.4, -0.2) is 53.5 Å². The molecule has 3 N–H and O–H groups in total. The number of imidazole rings is 1. The third-order valence-electron chi connectivity index (χ3n) is 3.38. The van der Waals surface area contributed by atoms with Gasteiger partial charge in [0.1, 0.15) is 0 Å². The summed E-state index contributed by atoms with van der Waals surface area (Å²) in [5.41, 5.74) is 2.61. The molecular formula is C13H17N5O. The van der Waals surface area contributed by atoms with Gasteiger partial charge in [-0.15, -0.1) is 0 Å². The lowest BCUT2D eigenvalue weighted by Gasteiger charge is -2.29. The number of benzene rings is 1. The van der Waals surface area contributed by atoms with Gasteiger partial charge in [-0.05, 0) is 25.2 Å². The molecule has 1 aliphatic rings. The molecule has 1 amide bonds. The number of nitrogens with zero attached hydrogens (tertiary/aromatic N) is 2. The van der Waals surface area contributed by atoms with Gasteiger partial charge in [-0.2, -0.15) is 0 Å². The van der Waals surface area contributed by atoms with Crippen molar-refractivity contribution in [3.8, 4) is 0 Å². The van der Waals surface area contributed by atoms with E-state index in [0.717, 1.165) is 36.4 Å². The summed E-state index contributed by atoms with van der Waals surface area (Å²) in [5, 5.41) is 6.17. The van der Waals surface area contributed by atoms with Crippen molar-refractivity contribution < 1.29 is 4.79 Å². The van der Waals surface area contributed by atoms with Crippen molar-refractivity contribution in [2.75, 3.05) is 32.0 Å². The van der Waals surface area contributed by atoms with Crippen LogP contribution in [0.1, 0.15) is 0 Å². The van der Waals surface area contributed by atoms with Crippen molar-refractivity contribution in [3.63, 3.8) is 0 Å². The number of likely N-dealkylation sites (N-methyl/N-ethyl adjacent to an activating group) is 1. The number of amides is 1. The minimum atomic E-state index is -0.156. The van der Waals surface area contributed by atoms with Crippen LogP contribution in [0.4, 0.5) is 5.69 Å². The SMILES string of the molecule is CN1CCNC(C(=O)Nc2ccc3nc[nH]c3c2)C1. The second-order valence-corrected chi connectivity index (χ2v) is 4.89. The van der Waals surface area contributed by atoms with E-state index in [1.54, 1.807) is 6.33 Å². The fraction of sp³-hybridized carbons (Fsp3) is 0.385. The largest absolute Gasteiger partial charge is 0.345 e. The number of carbonyl (C=O) groups is 1. The van der Waals surface area contributed by atoms with E-state index in [1.807, 2.05) is 25.2 Å². The van der Waals surface area contributed by atoms with E-state index < -0.39 is 0 Å². The molecule has 0 radical (unpaired) electrons. The smallest absolute Gasteiger partial charge is 0.242 e. The van der Waals surface area contributed by atoms with E-state index in [4.69, 9.17) is 0 Å². The molecule has 0 bridgehead atoms. The predicted octanol–water partition coefficient (Wildman–Crippen LogP) is 0.405. The van der Waals surface area contributed by atoms with Gasteiger partial charge in [-0.25, -0.2) is 4.98 Å². The van der Waals surface area contributed by atoms with Crippen LogP contribution in [0.15, 0.2) is 24.5 Å². The zero-order valence-electron chi connectivity index (χ0n) is 10.8. The Balaban J connectivity index is 1.71. The number of H-pyrrole nitrogens is 1. The maximum atomic E-state index is 12.2. The Morgan fingerprint density at radius 1 is 1.53 bits per heavy atom. The molecule has 100 valence electrons. The molecule has 6 heteroatoms. The van der Waals surface area contributed by atoms with Gasteiger partial charge in [-0.1, -0.05) is 0 Å². The first kappa shape index (κ1) is 12.1. The number of fused-ring (bicyclic) bond motifs is 1. The Bertz CT molecular complexity index is 593. The molecular weight excluding hydrogens is 242 g/mol. The molecule has 0 spiro atoms. The fourth-order valence-electron chi connectivity index (χ4n) is 2.32. The van der Waals surface area contributed by atoms with E-state index in [0.29, 0.717) is 0 Å². The molecule has 0 saturated carbocycles. The summed E-state index contributed by atoms with van der Waals surface area (Å²) in [6.45, 7) is 2.55. The van der Waals surface area contributed by atoms with E-state index in [9.17, 15) is 4.79 Å². The van der Waals surface area contributed by atoms with Crippen LogP contribution in [0.5, 0.6) is 0 Å². The molecule has 1 atom stereocenters. The quantitative estimate of drug-likeness (QED) is 0.730. The highest BCUT2D eigenvalue weighted by atomic mass is 16.2. The molecule has 19 heavy (non-hydrogen) atoms. The monoisotopic (exact) mass is 259 g/mol. The highest BCUT2D eigenvalue weighted by molar-refractivity contribution is 5.96. The number of hydrogen-bond acceptors (Lipinski definition) is 4. The molecule has 1 aliphatic heterocycles. The lowest BCUT2D eigenvalue weighted by molar-refractivity contribution is -0.119. The van der Waals surface area contributed by atoms with Crippen molar-refractivity contribution in [2.24, 2.45) is 0 Å². The van der Waals surface area contributed by atoms with E-state index in [-0.39, 0.29) is 11.9 Å². The molecule has 1 aromatic carbocycles. The maximum absolute atomic E-state index is 12.2. The van der Waals surface area contributed by atoms with Crippen molar-refractivity contribution >= 4 is 22.6 Å². The summed E-state index contributed by atoms with van der Waals surface area (Å²) in [7, 11) is 2.03. The van der Waals surface area contributed by atoms with Crippen LogP contribution in [0, 0.1) is 0 Å². The summed E-state index contributed by atoms with van der Waals surface area (Å²) < 4.78 is 0. The van der Waals surface area contributed by atoms with Crippen LogP contribution in [0.25, 0.3) is 11.0 Å². The van der Waals surface area contributed by atoms with Gasteiger partial charge < -0.3 is 20.5 Å². The van der Waals surface area contributed by atoms with Crippen molar-refractivity contribution in [1.29, 1.82) is 0 Å². The van der Waals surface area contributed by atoms with Gasteiger partial charge >= 0.3 is 0 Å². The molecule has 0 aliphatic carbocycles. The Morgan fingerprint density at radius 2 is 2.42 bits per heavy atom. The average molecular weight is 259 g/mol. The number of anilines is 1. The Morgan fingerprint density at radius 3 is 3.26 bits per heavy atom. The number of hydrogen-bond donors (Lipinski definition) is 3. The van der Waals surface area contributed by atoms with Crippen molar-refractivity contribution in [2.45, 2.75) is 6.04 Å². The van der Waals surface area contributed by atoms with Crippen LogP contribution in [-0.2, 0) is 4.79 Å².